The van der Waals surface area contributed by atoms with Gasteiger partial charge in [0.1, 0.15) is 0 Å². The van der Waals surface area contributed by atoms with Crippen molar-refractivity contribution in [1.29, 1.82) is 0 Å². The fourth-order valence-electron chi connectivity index (χ4n) is 3.33. The lowest BCUT2D eigenvalue weighted by atomic mass is 9.74. The molecule has 0 spiro atoms. The number of nitrogens with one attached hydrogen (secondary N) is 1. The molecule has 1 aromatic rings. The fourth-order valence-corrected chi connectivity index (χ4v) is 3.33. The smallest absolute Gasteiger partial charge is 0.311 e. The van der Waals surface area contributed by atoms with Gasteiger partial charge in [-0.3, -0.25) is 4.79 Å². The average molecular weight is 246 g/mol. The molecule has 0 aliphatic carbocycles. The molecule has 96 valence electrons. The maximum absolute atomic E-state index is 11.6. The molecule has 2 aliphatic rings. The van der Waals surface area contributed by atoms with E-state index in [-0.39, 0.29) is 17.9 Å². The molecule has 1 aromatic carbocycles. The molecule has 2 heterocycles. The number of aliphatic carboxylic acids is 1. The molecule has 0 aromatic heterocycles. The number of piperidine rings is 1. The van der Waals surface area contributed by atoms with Crippen LogP contribution >= 0.6 is 0 Å². The highest BCUT2D eigenvalue weighted by atomic mass is 16.4. The summed E-state index contributed by atoms with van der Waals surface area (Å²) in [5.74, 6) is -0.849. The number of nitrogens with zero attached hydrogens (tertiary/aromatic N) is 1. The average Bonchev–Trinajstić information content (AvgIpc) is 2.35. The molecule has 1 fully saturated rings. The number of benzene rings is 1. The van der Waals surface area contributed by atoms with Crippen molar-refractivity contribution >= 4 is 11.7 Å². The van der Waals surface area contributed by atoms with Crippen molar-refractivity contribution in [3.63, 3.8) is 0 Å². The zero-order valence-electron chi connectivity index (χ0n) is 10.5. The SMILES string of the molecule is CN1CCC2C(C1)Nc1ccccc1C2C(=O)O. The van der Waals surface area contributed by atoms with E-state index < -0.39 is 5.97 Å². The van der Waals surface area contributed by atoms with Crippen LogP contribution in [-0.4, -0.2) is 42.2 Å². The van der Waals surface area contributed by atoms with Gasteiger partial charge in [0.2, 0.25) is 0 Å². The molecule has 3 rings (SSSR count). The van der Waals surface area contributed by atoms with Crippen molar-refractivity contribution in [1.82, 2.24) is 4.90 Å². The number of rotatable bonds is 1. The van der Waals surface area contributed by atoms with E-state index in [2.05, 4.69) is 17.3 Å². The Balaban J connectivity index is 2.02. The van der Waals surface area contributed by atoms with E-state index in [9.17, 15) is 9.90 Å². The van der Waals surface area contributed by atoms with Crippen LogP contribution in [0.15, 0.2) is 24.3 Å². The lowest BCUT2D eigenvalue weighted by molar-refractivity contribution is -0.141. The van der Waals surface area contributed by atoms with Gasteiger partial charge in [0.05, 0.1) is 5.92 Å². The largest absolute Gasteiger partial charge is 0.481 e. The van der Waals surface area contributed by atoms with Crippen LogP contribution in [0.4, 0.5) is 5.69 Å². The van der Waals surface area contributed by atoms with E-state index >= 15 is 0 Å². The third-order valence-electron chi connectivity index (χ3n) is 4.20. The number of para-hydroxylation sites is 1. The Morgan fingerprint density at radius 1 is 1.44 bits per heavy atom. The van der Waals surface area contributed by atoms with Crippen molar-refractivity contribution in [3.05, 3.63) is 29.8 Å². The van der Waals surface area contributed by atoms with Gasteiger partial charge in [-0.2, -0.15) is 0 Å². The van der Waals surface area contributed by atoms with Crippen molar-refractivity contribution in [3.8, 4) is 0 Å². The second kappa shape index (κ2) is 4.28. The van der Waals surface area contributed by atoms with Gasteiger partial charge < -0.3 is 15.3 Å². The highest BCUT2D eigenvalue weighted by molar-refractivity contribution is 5.81. The highest BCUT2D eigenvalue weighted by Crippen LogP contribution is 2.41. The second-order valence-electron chi connectivity index (χ2n) is 5.37. The number of likely N-dealkylation sites (N-methyl/N-ethyl adjacent to an activating group) is 1. The summed E-state index contributed by atoms with van der Waals surface area (Å²) in [6, 6.07) is 8.05. The van der Waals surface area contributed by atoms with Gasteiger partial charge in [0, 0.05) is 18.3 Å². The number of carboxylic acids is 1. The van der Waals surface area contributed by atoms with Gasteiger partial charge in [-0.25, -0.2) is 0 Å². The van der Waals surface area contributed by atoms with E-state index in [4.69, 9.17) is 0 Å². The summed E-state index contributed by atoms with van der Waals surface area (Å²) in [5, 5.41) is 13.1. The van der Waals surface area contributed by atoms with Crippen LogP contribution in [0.2, 0.25) is 0 Å². The van der Waals surface area contributed by atoms with Gasteiger partial charge in [0.15, 0.2) is 0 Å². The number of likely N-dealkylation sites (tertiary alicyclic amines) is 1. The van der Waals surface area contributed by atoms with Crippen LogP contribution in [0.1, 0.15) is 17.9 Å². The van der Waals surface area contributed by atoms with Crippen LogP contribution < -0.4 is 5.32 Å². The van der Waals surface area contributed by atoms with Crippen LogP contribution in [-0.2, 0) is 4.79 Å². The maximum atomic E-state index is 11.6. The predicted octanol–water partition coefficient (Wildman–Crippen LogP) is 1.60. The number of carbonyl (C=O) groups is 1. The van der Waals surface area contributed by atoms with E-state index in [1.54, 1.807) is 0 Å². The molecular weight excluding hydrogens is 228 g/mol. The van der Waals surface area contributed by atoms with Crippen molar-refractivity contribution in [2.45, 2.75) is 18.4 Å². The van der Waals surface area contributed by atoms with E-state index in [0.717, 1.165) is 30.8 Å². The number of hydrogen-bond acceptors (Lipinski definition) is 3. The number of hydrogen-bond donors (Lipinski definition) is 2. The Kier molecular flexibility index (Phi) is 2.74. The zero-order valence-corrected chi connectivity index (χ0v) is 10.5. The summed E-state index contributed by atoms with van der Waals surface area (Å²) in [6.07, 6.45) is 0.944. The molecule has 3 atom stereocenters. The first-order chi connectivity index (χ1) is 8.66. The summed E-state index contributed by atoms with van der Waals surface area (Å²) in [6.45, 7) is 1.90. The Morgan fingerprint density at radius 2 is 2.22 bits per heavy atom. The van der Waals surface area contributed by atoms with Crippen molar-refractivity contribution in [2.24, 2.45) is 5.92 Å². The summed E-state index contributed by atoms with van der Waals surface area (Å²) in [5.41, 5.74) is 1.93. The molecule has 0 radical (unpaired) electrons. The van der Waals surface area contributed by atoms with E-state index in [0.29, 0.717) is 0 Å². The predicted molar refractivity (Wildman–Crippen MR) is 69.8 cm³/mol. The third kappa shape index (κ3) is 1.77. The van der Waals surface area contributed by atoms with Gasteiger partial charge in [-0.05, 0) is 37.6 Å². The molecule has 4 nitrogen and oxygen atoms in total. The normalized spacial score (nSPS) is 31.1. The minimum atomic E-state index is -0.691. The summed E-state index contributed by atoms with van der Waals surface area (Å²) in [4.78, 5) is 13.9. The minimum Gasteiger partial charge on any atom is -0.481 e. The molecular formula is C14H18N2O2. The van der Waals surface area contributed by atoms with Crippen molar-refractivity contribution in [2.75, 3.05) is 25.5 Å². The lowest BCUT2D eigenvalue weighted by Gasteiger charge is -2.44. The van der Waals surface area contributed by atoms with Crippen LogP contribution in [0.3, 0.4) is 0 Å². The number of carboxylic acid groups (broad SMARTS) is 1. The molecule has 0 amide bonds. The number of anilines is 1. The monoisotopic (exact) mass is 246 g/mol. The molecule has 0 saturated carbocycles. The van der Waals surface area contributed by atoms with E-state index in [1.165, 1.54) is 0 Å². The molecule has 18 heavy (non-hydrogen) atoms. The Bertz CT molecular complexity index is 475. The molecule has 2 aliphatic heterocycles. The van der Waals surface area contributed by atoms with Gasteiger partial charge in [-0.15, -0.1) is 0 Å². The van der Waals surface area contributed by atoms with Crippen molar-refractivity contribution < 1.29 is 9.90 Å². The Morgan fingerprint density at radius 3 is 3.00 bits per heavy atom. The Hall–Kier alpha value is -1.55. The zero-order chi connectivity index (χ0) is 12.7. The lowest BCUT2D eigenvalue weighted by Crippen LogP contribution is -2.51. The standard InChI is InChI=1S/C14H18N2O2/c1-16-7-6-10-12(8-16)15-11-5-3-2-4-9(11)13(10)14(17)18/h2-5,10,12-13,15H,6-8H2,1H3,(H,17,18). The van der Waals surface area contributed by atoms with Crippen LogP contribution in [0.5, 0.6) is 0 Å². The molecule has 1 saturated heterocycles. The van der Waals surface area contributed by atoms with Crippen LogP contribution in [0.25, 0.3) is 0 Å². The summed E-state index contributed by atoms with van der Waals surface area (Å²) in [7, 11) is 2.09. The topological polar surface area (TPSA) is 52.6 Å². The maximum Gasteiger partial charge on any atom is 0.311 e. The molecule has 0 bridgehead atoms. The summed E-state index contributed by atoms with van der Waals surface area (Å²) < 4.78 is 0. The van der Waals surface area contributed by atoms with Gasteiger partial charge >= 0.3 is 5.97 Å². The molecule has 3 unspecified atom stereocenters. The molecule has 4 heteroatoms. The van der Waals surface area contributed by atoms with Gasteiger partial charge in [-0.1, -0.05) is 18.2 Å². The first kappa shape index (κ1) is 11.5. The van der Waals surface area contributed by atoms with E-state index in [1.807, 2.05) is 24.3 Å². The first-order valence-corrected chi connectivity index (χ1v) is 6.43. The highest BCUT2D eigenvalue weighted by Gasteiger charge is 2.42. The fraction of sp³-hybridized carbons (Fsp3) is 0.500. The number of fused-ring (bicyclic) bond motifs is 2. The quantitative estimate of drug-likeness (QED) is 0.790. The van der Waals surface area contributed by atoms with Gasteiger partial charge in [0.25, 0.3) is 0 Å². The Labute approximate surface area is 107 Å². The minimum absolute atomic E-state index is 0.202. The second-order valence-corrected chi connectivity index (χ2v) is 5.37. The van der Waals surface area contributed by atoms with Crippen LogP contribution in [0, 0.1) is 5.92 Å². The molecule has 2 N–H and O–H groups in total. The first-order valence-electron chi connectivity index (χ1n) is 6.43. The third-order valence-corrected chi connectivity index (χ3v) is 4.20. The summed E-state index contributed by atoms with van der Waals surface area (Å²) >= 11 is 0.